The highest BCUT2D eigenvalue weighted by Gasteiger charge is 2.38. The van der Waals surface area contributed by atoms with Gasteiger partial charge in [0.15, 0.2) is 11.5 Å². The van der Waals surface area contributed by atoms with E-state index in [-0.39, 0.29) is 30.9 Å². The molecule has 2 aliphatic heterocycles. The number of para-hydroxylation sites is 1. The van der Waals surface area contributed by atoms with Gasteiger partial charge in [0.05, 0.1) is 17.7 Å². The Balaban J connectivity index is 1.72. The maximum absolute atomic E-state index is 14.2. The van der Waals surface area contributed by atoms with Crippen LogP contribution in [-0.2, 0) is 0 Å². The van der Waals surface area contributed by atoms with Crippen LogP contribution in [0, 0.1) is 11.6 Å². The molecule has 0 bridgehead atoms. The lowest BCUT2D eigenvalue weighted by Crippen LogP contribution is -2.32. The zero-order valence-corrected chi connectivity index (χ0v) is 13.1. The molecular weight excluding hydrogens is 332 g/mol. The molecular formula is C18H15F2NO4. The van der Waals surface area contributed by atoms with Gasteiger partial charge in [-0.1, -0.05) is 6.07 Å². The van der Waals surface area contributed by atoms with Crippen molar-refractivity contribution in [3.8, 4) is 11.5 Å². The van der Waals surface area contributed by atoms with E-state index in [9.17, 15) is 18.7 Å². The first-order valence-electron chi connectivity index (χ1n) is 7.87. The number of aliphatic hydroxyl groups excluding tert-OH is 1. The molecule has 4 rings (SSSR count). The summed E-state index contributed by atoms with van der Waals surface area (Å²) in [4.78, 5) is 14.3. The summed E-state index contributed by atoms with van der Waals surface area (Å²) in [7, 11) is 0. The first-order chi connectivity index (χ1) is 12.0. The van der Waals surface area contributed by atoms with Gasteiger partial charge in [0.2, 0.25) is 6.79 Å². The standard InChI is InChI=1S/C18H15F2NO4/c19-10-4-5-14(20)13(6-10)15-7-11(22)8-21(15)18(23)12-2-1-3-16-17(12)25-9-24-16/h1-6,11,15,22H,7-9H2/t11-,15+/m1/s1. The van der Waals surface area contributed by atoms with Crippen molar-refractivity contribution in [3.05, 3.63) is 59.2 Å². The second-order valence-corrected chi connectivity index (χ2v) is 6.07. The van der Waals surface area contributed by atoms with Gasteiger partial charge in [-0.25, -0.2) is 8.78 Å². The maximum atomic E-state index is 14.2. The zero-order valence-electron chi connectivity index (χ0n) is 13.1. The number of benzene rings is 2. The van der Waals surface area contributed by atoms with Crippen LogP contribution < -0.4 is 9.47 Å². The number of likely N-dealkylation sites (tertiary alicyclic amines) is 1. The van der Waals surface area contributed by atoms with E-state index in [1.54, 1.807) is 18.2 Å². The Labute approximate surface area is 142 Å². The molecule has 1 fully saturated rings. The Morgan fingerprint density at radius 3 is 2.88 bits per heavy atom. The Kier molecular flexibility index (Phi) is 3.80. The summed E-state index contributed by atoms with van der Waals surface area (Å²) < 4.78 is 38.4. The van der Waals surface area contributed by atoms with Gasteiger partial charge in [-0.2, -0.15) is 0 Å². The molecule has 2 aromatic carbocycles. The number of β-amino-alcohol motifs (C(OH)–C–C–N with tert-alkyl or cyclic N) is 1. The van der Waals surface area contributed by atoms with Crippen LogP contribution in [0.25, 0.3) is 0 Å². The van der Waals surface area contributed by atoms with Gasteiger partial charge < -0.3 is 19.5 Å². The average Bonchev–Trinajstić information content (AvgIpc) is 3.22. The fourth-order valence-corrected chi connectivity index (χ4v) is 3.36. The quantitative estimate of drug-likeness (QED) is 0.907. The molecule has 2 aliphatic rings. The summed E-state index contributed by atoms with van der Waals surface area (Å²) in [6, 6.07) is 7.27. The van der Waals surface area contributed by atoms with Gasteiger partial charge in [0.25, 0.3) is 5.91 Å². The van der Waals surface area contributed by atoms with E-state index in [0.717, 1.165) is 18.2 Å². The van der Waals surface area contributed by atoms with E-state index in [1.807, 2.05) is 0 Å². The largest absolute Gasteiger partial charge is 0.454 e. The van der Waals surface area contributed by atoms with Crippen LogP contribution >= 0.6 is 0 Å². The second-order valence-electron chi connectivity index (χ2n) is 6.07. The van der Waals surface area contributed by atoms with Crippen molar-refractivity contribution in [2.75, 3.05) is 13.3 Å². The van der Waals surface area contributed by atoms with Crippen molar-refractivity contribution in [1.82, 2.24) is 4.90 Å². The number of amides is 1. The summed E-state index contributed by atoms with van der Waals surface area (Å²) in [5.74, 6) is -0.849. The molecule has 0 aliphatic carbocycles. The van der Waals surface area contributed by atoms with Gasteiger partial charge in [-0.3, -0.25) is 4.79 Å². The molecule has 2 aromatic rings. The van der Waals surface area contributed by atoms with Crippen LogP contribution in [0.4, 0.5) is 8.78 Å². The van der Waals surface area contributed by atoms with E-state index >= 15 is 0 Å². The monoisotopic (exact) mass is 347 g/mol. The molecule has 5 nitrogen and oxygen atoms in total. The van der Waals surface area contributed by atoms with Crippen molar-refractivity contribution in [2.45, 2.75) is 18.6 Å². The Hall–Kier alpha value is -2.67. The van der Waals surface area contributed by atoms with Crippen molar-refractivity contribution in [1.29, 1.82) is 0 Å². The van der Waals surface area contributed by atoms with Crippen LogP contribution in [0.2, 0.25) is 0 Å². The number of ether oxygens (including phenoxy) is 2. The smallest absolute Gasteiger partial charge is 0.258 e. The lowest BCUT2D eigenvalue weighted by molar-refractivity contribution is 0.0709. The number of fused-ring (bicyclic) bond motifs is 1. The molecule has 2 atom stereocenters. The molecule has 1 N–H and O–H groups in total. The summed E-state index contributed by atoms with van der Waals surface area (Å²) in [6.07, 6.45) is -0.677. The van der Waals surface area contributed by atoms with Crippen LogP contribution in [0.5, 0.6) is 11.5 Å². The molecule has 1 saturated heterocycles. The maximum Gasteiger partial charge on any atom is 0.258 e. The Bertz CT molecular complexity index is 842. The molecule has 0 spiro atoms. The minimum absolute atomic E-state index is 0.0181. The van der Waals surface area contributed by atoms with E-state index in [0.29, 0.717) is 11.5 Å². The number of rotatable bonds is 2. The van der Waals surface area contributed by atoms with Crippen molar-refractivity contribution >= 4 is 5.91 Å². The number of carbonyl (C=O) groups is 1. The van der Waals surface area contributed by atoms with E-state index in [2.05, 4.69) is 0 Å². The van der Waals surface area contributed by atoms with E-state index < -0.39 is 29.7 Å². The zero-order chi connectivity index (χ0) is 17.6. The molecule has 25 heavy (non-hydrogen) atoms. The lowest BCUT2D eigenvalue weighted by Gasteiger charge is -2.25. The normalized spacial score (nSPS) is 21.6. The predicted molar refractivity (Wildman–Crippen MR) is 83.3 cm³/mol. The highest BCUT2D eigenvalue weighted by atomic mass is 19.1. The van der Waals surface area contributed by atoms with Crippen LogP contribution in [0.15, 0.2) is 36.4 Å². The Morgan fingerprint density at radius 2 is 2.04 bits per heavy atom. The van der Waals surface area contributed by atoms with Crippen LogP contribution in [0.3, 0.4) is 0 Å². The third-order valence-electron chi connectivity index (χ3n) is 4.48. The summed E-state index contributed by atoms with van der Waals surface area (Å²) in [5, 5.41) is 10.0. The van der Waals surface area contributed by atoms with Gasteiger partial charge in [0, 0.05) is 12.1 Å². The molecule has 1 amide bonds. The Morgan fingerprint density at radius 1 is 1.20 bits per heavy atom. The van der Waals surface area contributed by atoms with Crippen molar-refractivity contribution < 1.29 is 28.2 Å². The minimum Gasteiger partial charge on any atom is -0.454 e. The number of hydrogen-bond acceptors (Lipinski definition) is 4. The highest BCUT2D eigenvalue weighted by Crippen LogP contribution is 2.40. The van der Waals surface area contributed by atoms with E-state index in [4.69, 9.17) is 9.47 Å². The number of aliphatic hydroxyl groups is 1. The molecule has 0 unspecified atom stereocenters. The van der Waals surface area contributed by atoms with Crippen molar-refractivity contribution in [3.63, 3.8) is 0 Å². The first-order valence-corrected chi connectivity index (χ1v) is 7.87. The van der Waals surface area contributed by atoms with Gasteiger partial charge in [0.1, 0.15) is 11.6 Å². The van der Waals surface area contributed by atoms with Crippen LogP contribution in [0.1, 0.15) is 28.4 Å². The molecule has 0 saturated carbocycles. The number of hydrogen-bond donors (Lipinski definition) is 1. The molecule has 7 heteroatoms. The molecule has 130 valence electrons. The summed E-state index contributed by atoms with van der Waals surface area (Å²) in [5.41, 5.74) is 0.320. The van der Waals surface area contributed by atoms with Gasteiger partial charge in [-0.05, 0) is 36.8 Å². The number of nitrogens with zero attached hydrogens (tertiary/aromatic N) is 1. The van der Waals surface area contributed by atoms with Crippen molar-refractivity contribution in [2.24, 2.45) is 0 Å². The van der Waals surface area contributed by atoms with E-state index in [1.165, 1.54) is 4.90 Å². The fourth-order valence-electron chi connectivity index (χ4n) is 3.36. The lowest BCUT2D eigenvalue weighted by atomic mass is 10.0. The molecule has 0 radical (unpaired) electrons. The number of halogens is 2. The third-order valence-corrected chi connectivity index (χ3v) is 4.48. The third kappa shape index (κ3) is 2.70. The average molecular weight is 347 g/mol. The SMILES string of the molecule is O=C(c1cccc2c1OCO2)N1C[C@H](O)C[C@H]1c1cc(F)ccc1F. The highest BCUT2D eigenvalue weighted by molar-refractivity contribution is 5.98. The second kappa shape index (κ2) is 6.00. The number of carbonyl (C=O) groups excluding carboxylic acids is 1. The minimum atomic E-state index is -0.814. The summed E-state index contributed by atoms with van der Waals surface area (Å²) >= 11 is 0. The fraction of sp³-hybridized carbons (Fsp3) is 0.278. The molecule has 0 aromatic heterocycles. The van der Waals surface area contributed by atoms with Gasteiger partial charge in [-0.15, -0.1) is 0 Å². The predicted octanol–water partition coefficient (Wildman–Crippen LogP) is 2.64. The molecule has 2 heterocycles. The van der Waals surface area contributed by atoms with Crippen LogP contribution in [-0.4, -0.2) is 35.4 Å². The first kappa shape index (κ1) is 15.8. The van der Waals surface area contributed by atoms with Gasteiger partial charge >= 0.3 is 0 Å². The summed E-state index contributed by atoms with van der Waals surface area (Å²) in [6.45, 7) is 0.0498. The topological polar surface area (TPSA) is 59.0 Å².